The van der Waals surface area contributed by atoms with Crippen LogP contribution in [0, 0.1) is 5.82 Å². The minimum absolute atomic E-state index is 0.0761. The molecule has 1 aliphatic heterocycles. The van der Waals surface area contributed by atoms with Crippen molar-refractivity contribution in [3.05, 3.63) is 35.6 Å². The first kappa shape index (κ1) is 15.3. The molecule has 2 aliphatic rings. The van der Waals surface area contributed by atoms with Gasteiger partial charge in [-0.05, 0) is 43.9 Å². The highest BCUT2D eigenvalue weighted by atomic mass is 19.1. The second kappa shape index (κ2) is 6.24. The third kappa shape index (κ3) is 3.24. The Bertz CT molecular complexity index is 539. The molecule has 1 aliphatic carbocycles. The predicted molar refractivity (Wildman–Crippen MR) is 85.5 cm³/mol. The summed E-state index contributed by atoms with van der Waals surface area (Å²) in [6, 6.07) is 6.82. The molecule has 0 aromatic heterocycles. The normalized spacial score (nSPS) is 23.7. The molecule has 1 saturated carbocycles. The molecule has 1 saturated heterocycles. The van der Waals surface area contributed by atoms with Crippen LogP contribution in [0.4, 0.5) is 4.39 Å². The van der Waals surface area contributed by atoms with Gasteiger partial charge in [0.05, 0.1) is 12.6 Å². The number of rotatable bonds is 4. The maximum Gasteiger partial charge on any atom is 0.194 e. The molecule has 4 nitrogen and oxygen atoms in total. The van der Waals surface area contributed by atoms with Gasteiger partial charge in [-0.25, -0.2) is 4.39 Å². The van der Waals surface area contributed by atoms with Crippen LogP contribution in [0.2, 0.25) is 0 Å². The molecule has 0 radical (unpaired) electrons. The number of halogens is 1. The van der Waals surface area contributed by atoms with E-state index in [0.29, 0.717) is 13.1 Å². The second-order valence-corrected chi connectivity index (χ2v) is 6.35. The first-order valence-corrected chi connectivity index (χ1v) is 8.10. The lowest BCUT2D eigenvalue weighted by Crippen LogP contribution is -2.41. The van der Waals surface area contributed by atoms with Gasteiger partial charge in [0, 0.05) is 25.0 Å². The second-order valence-electron chi connectivity index (χ2n) is 6.35. The first-order chi connectivity index (χ1) is 10.6. The fourth-order valence-corrected chi connectivity index (χ4v) is 3.08. The number of guanidine groups is 1. The number of benzene rings is 1. The monoisotopic (exact) mass is 305 g/mol. The van der Waals surface area contributed by atoms with Crippen molar-refractivity contribution in [2.75, 3.05) is 26.2 Å². The van der Waals surface area contributed by atoms with Gasteiger partial charge in [-0.2, -0.15) is 0 Å². The molecule has 1 heterocycles. The molecule has 0 unspecified atom stereocenters. The zero-order valence-corrected chi connectivity index (χ0v) is 13.1. The van der Waals surface area contributed by atoms with E-state index in [1.165, 1.54) is 17.7 Å². The van der Waals surface area contributed by atoms with E-state index < -0.39 is 0 Å². The number of hydrogen-bond acceptors (Lipinski definition) is 2. The fourth-order valence-electron chi connectivity index (χ4n) is 3.08. The molecule has 1 aromatic rings. The van der Waals surface area contributed by atoms with Crippen molar-refractivity contribution in [1.29, 1.82) is 0 Å². The Morgan fingerprint density at radius 2 is 2.14 bits per heavy atom. The van der Waals surface area contributed by atoms with Crippen molar-refractivity contribution in [3.8, 4) is 0 Å². The Morgan fingerprint density at radius 3 is 2.68 bits per heavy atom. The molecule has 22 heavy (non-hydrogen) atoms. The van der Waals surface area contributed by atoms with Crippen LogP contribution < -0.4 is 5.32 Å². The van der Waals surface area contributed by atoms with Crippen molar-refractivity contribution >= 4 is 5.96 Å². The highest BCUT2D eigenvalue weighted by Gasteiger charge is 2.44. The van der Waals surface area contributed by atoms with Gasteiger partial charge in [0.25, 0.3) is 0 Å². The first-order valence-electron chi connectivity index (χ1n) is 8.10. The molecule has 120 valence electrons. The van der Waals surface area contributed by atoms with Gasteiger partial charge in [0.15, 0.2) is 5.96 Å². The van der Waals surface area contributed by atoms with Crippen LogP contribution in [0.1, 0.15) is 31.7 Å². The van der Waals surface area contributed by atoms with E-state index in [9.17, 15) is 9.50 Å². The smallest absolute Gasteiger partial charge is 0.194 e. The van der Waals surface area contributed by atoms with Gasteiger partial charge in [0.2, 0.25) is 0 Å². The molecule has 0 amide bonds. The highest BCUT2D eigenvalue weighted by Crippen LogP contribution is 2.48. The Kier molecular flexibility index (Phi) is 4.34. The summed E-state index contributed by atoms with van der Waals surface area (Å²) in [6.07, 6.45) is 2.75. The summed E-state index contributed by atoms with van der Waals surface area (Å²) < 4.78 is 13.1. The molecule has 2 fully saturated rings. The van der Waals surface area contributed by atoms with Gasteiger partial charge >= 0.3 is 0 Å². The van der Waals surface area contributed by atoms with Gasteiger partial charge in [-0.3, -0.25) is 4.99 Å². The van der Waals surface area contributed by atoms with E-state index in [0.717, 1.165) is 38.3 Å². The van der Waals surface area contributed by atoms with Gasteiger partial charge in [0.1, 0.15) is 5.82 Å². The van der Waals surface area contributed by atoms with Crippen LogP contribution in [-0.2, 0) is 5.41 Å². The lowest BCUT2D eigenvalue weighted by Gasteiger charge is -2.22. The molecular weight excluding hydrogens is 281 g/mol. The van der Waals surface area contributed by atoms with E-state index in [4.69, 9.17) is 4.99 Å². The topological polar surface area (TPSA) is 47.9 Å². The lowest BCUT2D eigenvalue weighted by molar-refractivity contribution is 0.188. The van der Waals surface area contributed by atoms with E-state index in [1.54, 1.807) is 0 Å². The SMILES string of the molecule is CCNC(=NCC1(c2ccc(F)cc2)CC1)N1CC[C@@H](O)C1. The summed E-state index contributed by atoms with van der Waals surface area (Å²) in [7, 11) is 0. The standard InChI is InChI=1S/C17H24FN3O/c1-2-19-16(21-10-7-15(22)11-21)20-12-17(8-9-17)13-3-5-14(18)6-4-13/h3-6,15,22H,2,7-12H2,1H3,(H,19,20)/t15-/m1/s1. The van der Waals surface area contributed by atoms with Crippen LogP contribution in [0.3, 0.4) is 0 Å². The van der Waals surface area contributed by atoms with Crippen molar-refractivity contribution in [2.24, 2.45) is 4.99 Å². The van der Waals surface area contributed by atoms with Crippen molar-refractivity contribution in [2.45, 2.75) is 37.7 Å². The van der Waals surface area contributed by atoms with Crippen molar-refractivity contribution in [1.82, 2.24) is 10.2 Å². The number of β-amino-alcohol motifs (C(OH)–C–C–N with tert-alkyl or cyclic N) is 1. The Morgan fingerprint density at radius 1 is 1.41 bits per heavy atom. The Hall–Kier alpha value is -1.62. The minimum atomic E-state index is -0.254. The molecule has 0 bridgehead atoms. The quantitative estimate of drug-likeness (QED) is 0.660. The third-order valence-electron chi connectivity index (χ3n) is 4.64. The van der Waals surface area contributed by atoms with Crippen LogP contribution in [0.15, 0.2) is 29.3 Å². The predicted octanol–water partition coefficient (Wildman–Crippen LogP) is 1.89. The number of likely N-dealkylation sites (tertiary alicyclic amines) is 1. The number of aliphatic imine (C=N–C) groups is 1. The van der Waals surface area contributed by atoms with Crippen LogP contribution in [0.5, 0.6) is 0 Å². The number of aliphatic hydroxyl groups is 1. The molecule has 2 N–H and O–H groups in total. The lowest BCUT2D eigenvalue weighted by atomic mass is 9.96. The summed E-state index contributed by atoms with van der Waals surface area (Å²) in [5.41, 5.74) is 1.25. The van der Waals surface area contributed by atoms with Crippen LogP contribution >= 0.6 is 0 Å². The summed E-state index contributed by atoms with van der Waals surface area (Å²) >= 11 is 0. The van der Waals surface area contributed by atoms with Gasteiger partial charge in [-0.1, -0.05) is 12.1 Å². The number of nitrogens with one attached hydrogen (secondary N) is 1. The van der Waals surface area contributed by atoms with Crippen LogP contribution in [0.25, 0.3) is 0 Å². The molecule has 0 spiro atoms. The highest BCUT2D eigenvalue weighted by molar-refractivity contribution is 5.80. The number of hydrogen-bond donors (Lipinski definition) is 2. The van der Waals surface area contributed by atoms with E-state index in [-0.39, 0.29) is 17.3 Å². The summed E-state index contributed by atoms with van der Waals surface area (Å²) in [5, 5.41) is 13.0. The average Bonchev–Trinajstić information content (AvgIpc) is 3.18. The van der Waals surface area contributed by atoms with E-state index in [1.807, 2.05) is 12.1 Å². The summed E-state index contributed by atoms with van der Waals surface area (Å²) in [4.78, 5) is 6.91. The maximum absolute atomic E-state index is 13.1. The average molecular weight is 305 g/mol. The van der Waals surface area contributed by atoms with E-state index >= 15 is 0 Å². The van der Waals surface area contributed by atoms with Crippen LogP contribution in [-0.4, -0.2) is 48.2 Å². The minimum Gasteiger partial charge on any atom is -0.391 e. The maximum atomic E-state index is 13.1. The summed E-state index contributed by atoms with van der Waals surface area (Å²) in [5.74, 6) is 0.690. The number of nitrogens with zero attached hydrogens (tertiary/aromatic N) is 2. The zero-order chi connectivity index (χ0) is 15.6. The van der Waals surface area contributed by atoms with E-state index in [2.05, 4.69) is 17.1 Å². The van der Waals surface area contributed by atoms with Gasteiger partial charge < -0.3 is 15.3 Å². The Labute approximate surface area is 131 Å². The number of aliphatic hydroxyl groups excluding tert-OH is 1. The Balaban J connectivity index is 1.71. The van der Waals surface area contributed by atoms with Gasteiger partial charge in [-0.15, -0.1) is 0 Å². The fraction of sp³-hybridized carbons (Fsp3) is 0.588. The van der Waals surface area contributed by atoms with Crippen molar-refractivity contribution in [3.63, 3.8) is 0 Å². The third-order valence-corrected chi connectivity index (χ3v) is 4.64. The zero-order valence-electron chi connectivity index (χ0n) is 13.1. The molecular formula is C17H24FN3O. The summed E-state index contributed by atoms with van der Waals surface area (Å²) in [6.45, 7) is 5.07. The molecule has 1 aromatic carbocycles. The van der Waals surface area contributed by atoms with Crippen molar-refractivity contribution < 1.29 is 9.50 Å². The molecule has 5 heteroatoms. The molecule has 1 atom stereocenters. The molecule has 3 rings (SSSR count). The largest absolute Gasteiger partial charge is 0.391 e.